The highest BCUT2D eigenvalue weighted by molar-refractivity contribution is 5.77. The molecule has 0 radical (unpaired) electrons. The van der Waals surface area contributed by atoms with Gasteiger partial charge in [-0.1, -0.05) is 12.1 Å². The molecular weight excluding hydrogens is 516 g/mol. The van der Waals surface area contributed by atoms with Crippen molar-refractivity contribution in [1.82, 2.24) is 19.8 Å². The van der Waals surface area contributed by atoms with Crippen molar-refractivity contribution >= 4 is 17.8 Å². The summed E-state index contributed by atoms with van der Waals surface area (Å²) in [4.78, 5) is 54.5. The van der Waals surface area contributed by atoms with Crippen LogP contribution in [-0.4, -0.2) is 81.6 Å². The van der Waals surface area contributed by atoms with Crippen LogP contribution in [0.5, 0.6) is 0 Å². The van der Waals surface area contributed by atoms with E-state index in [2.05, 4.69) is 9.97 Å². The van der Waals surface area contributed by atoms with Gasteiger partial charge < -0.3 is 34.3 Å². The number of aliphatic hydroxyl groups is 1. The van der Waals surface area contributed by atoms with Gasteiger partial charge in [0.15, 0.2) is 0 Å². The lowest BCUT2D eigenvalue weighted by atomic mass is 10.0. The molecule has 11 nitrogen and oxygen atoms in total. The predicted molar refractivity (Wildman–Crippen MR) is 153 cm³/mol. The number of H-pyrrole nitrogens is 2. The van der Waals surface area contributed by atoms with Crippen LogP contribution in [0.15, 0.2) is 52.3 Å². The zero-order valence-electron chi connectivity index (χ0n) is 24.4. The molecule has 0 spiro atoms. The number of pyridine rings is 2. The number of carbonyl (C=O) groups excluding carboxylic acids is 2. The molecule has 11 heteroatoms. The van der Waals surface area contributed by atoms with Crippen molar-refractivity contribution in [2.24, 2.45) is 0 Å². The van der Waals surface area contributed by atoms with Crippen LogP contribution in [0.25, 0.3) is 5.57 Å². The number of likely N-dealkylation sites (tertiary alicyclic amines) is 1. The number of hydrogen-bond acceptors (Lipinski definition) is 7. The minimum Gasteiger partial charge on any atom is -0.444 e. The summed E-state index contributed by atoms with van der Waals surface area (Å²) in [5.41, 5.74) is 1.81. The lowest BCUT2D eigenvalue weighted by Crippen LogP contribution is -2.35. The largest absolute Gasteiger partial charge is 0.444 e. The third-order valence-corrected chi connectivity index (χ3v) is 5.85. The molecule has 1 fully saturated rings. The van der Waals surface area contributed by atoms with Gasteiger partial charge in [0, 0.05) is 63.7 Å². The first-order valence-electron chi connectivity index (χ1n) is 13.2. The van der Waals surface area contributed by atoms with Gasteiger partial charge in [0.25, 0.3) is 0 Å². The number of aromatic nitrogens is 2. The molecule has 2 aliphatic rings. The number of nitrogens with zero attached hydrogens (tertiary/aromatic N) is 2. The second kappa shape index (κ2) is 14.0. The molecule has 0 aromatic carbocycles. The van der Waals surface area contributed by atoms with Gasteiger partial charge in [0.2, 0.25) is 11.1 Å². The van der Waals surface area contributed by atoms with E-state index in [0.29, 0.717) is 26.2 Å². The van der Waals surface area contributed by atoms with E-state index in [-0.39, 0.29) is 29.2 Å². The van der Waals surface area contributed by atoms with Crippen LogP contribution < -0.4 is 11.1 Å². The summed E-state index contributed by atoms with van der Waals surface area (Å²) in [6.45, 7) is 13.5. The molecule has 220 valence electrons. The summed E-state index contributed by atoms with van der Waals surface area (Å²) in [7, 11) is 1.00. The first-order valence-corrected chi connectivity index (χ1v) is 13.2. The molecule has 0 saturated carbocycles. The van der Waals surface area contributed by atoms with Crippen molar-refractivity contribution in [2.75, 3.05) is 33.3 Å². The van der Waals surface area contributed by atoms with E-state index in [1.165, 1.54) is 12.1 Å². The van der Waals surface area contributed by atoms with Gasteiger partial charge in [0.1, 0.15) is 11.2 Å². The highest BCUT2D eigenvalue weighted by Crippen LogP contribution is 2.27. The second-order valence-corrected chi connectivity index (χ2v) is 11.4. The maximum Gasteiger partial charge on any atom is 0.410 e. The lowest BCUT2D eigenvalue weighted by Gasteiger charge is -2.24. The van der Waals surface area contributed by atoms with Crippen LogP contribution in [-0.2, 0) is 9.47 Å². The number of rotatable bonds is 2. The fourth-order valence-electron chi connectivity index (χ4n) is 4.04. The zero-order chi connectivity index (χ0) is 30.1. The molecular formula is C29H42N4O7. The smallest absolute Gasteiger partial charge is 0.410 e. The highest BCUT2D eigenvalue weighted by Gasteiger charge is 2.30. The van der Waals surface area contributed by atoms with E-state index >= 15 is 0 Å². The van der Waals surface area contributed by atoms with Crippen LogP contribution in [0.4, 0.5) is 9.59 Å². The number of aromatic amines is 2. The molecule has 1 saturated heterocycles. The molecule has 3 N–H and O–H groups in total. The number of nitrogens with one attached hydrogen (secondary N) is 2. The van der Waals surface area contributed by atoms with Crippen molar-refractivity contribution in [1.29, 1.82) is 0 Å². The minimum absolute atomic E-state index is 0.106. The first-order chi connectivity index (χ1) is 18.7. The van der Waals surface area contributed by atoms with Crippen LogP contribution in [0.3, 0.4) is 0 Å². The fraction of sp³-hybridized carbons (Fsp3) is 0.517. The fourth-order valence-corrected chi connectivity index (χ4v) is 4.04. The molecule has 40 heavy (non-hydrogen) atoms. The Hall–Kier alpha value is -3.86. The van der Waals surface area contributed by atoms with Gasteiger partial charge in [-0.3, -0.25) is 9.59 Å². The topological polar surface area (TPSA) is 145 Å². The number of carbonyl (C=O) groups is 2. The van der Waals surface area contributed by atoms with E-state index in [1.54, 1.807) is 28.3 Å². The summed E-state index contributed by atoms with van der Waals surface area (Å²) >= 11 is 0. The first kappa shape index (κ1) is 32.4. The van der Waals surface area contributed by atoms with Crippen molar-refractivity contribution in [2.45, 2.75) is 65.1 Å². The summed E-state index contributed by atoms with van der Waals surface area (Å²) in [6, 6.07) is 6.57. The zero-order valence-corrected chi connectivity index (χ0v) is 24.4. The quantitative estimate of drug-likeness (QED) is 0.509. The molecule has 2 amide bonds. The average molecular weight is 559 g/mol. The van der Waals surface area contributed by atoms with Crippen LogP contribution in [0, 0.1) is 0 Å². The standard InChI is InChI=1S/C14H20N2O3.C14H18N2O3.CH4O/c2*1-14(2,3)19-13(18)16-7-6-11(9-16)10-4-5-12(17)15-8-10;1-2/h4-5,8,11H,6-7,9H2,1-3H3,(H,15,17);4-6,8H,7,9H2,1-3H3,(H,15,17);2H,1H3. The Morgan fingerprint density at radius 3 is 1.90 bits per heavy atom. The normalized spacial score (nSPS) is 16.7. The number of ether oxygens (including phenoxy) is 2. The van der Waals surface area contributed by atoms with Gasteiger partial charge >= 0.3 is 12.2 Å². The third kappa shape index (κ3) is 10.4. The highest BCUT2D eigenvalue weighted by atomic mass is 16.6. The Labute approximate surface area is 234 Å². The monoisotopic (exact) mass is 558 g/mol. The second-order valence-electron chi connectivity index (χ2n) is 11.4. The number of amides is 2. The molecule has 2 aromatic rings. The maximum atomic E-state index is 11.9. The van der Waals surface area contributed by atoms with Gasteiger partial charge in [-0.2, -0.15) is 0 Å². The Morgan fingerprint density at radius 2 is 1.40 bits per heavy atom. The van der Waals surface area contributed by atoms with E-state index in [9.17, 15) is 19.2 Å². The maximum absolute atomic E-state index is 11.9. The van der Waals surface area contributed by atoms with Crippen molar-refractivity contribution < 1.29 is 24.2 Å². The summed E-state index contributed by atoms with van der Waals surface area (Å²) in [5.74, 6) is 0.268. The molecule has 2 aliphatic heterocycles. The minimum atomic E-state index is -0.488. The molecule has 0 aliphatic carbocycles. The summed E-state index contributed by atoms with van der Waals surface area (Å²) in [5, 5.41) is 7.00. The summed E-state index contributed by atoms with van der Waals surface area (Å²) < 4.78 is 10.7. The van der Waals surface area contributed by atoms with Gasteiger partial charge in [-0.25, -0.2) is 9.59 Å². The predicted octanol–water partition coefficient (Wildman–Crippen LogP) is 3.72. The van der Waals surface area contributed by atoms with Crippen LogP contribution in [0.2, 0.25) is 0 Å². The Morgan fingerprint density at radius 1 is 0.850 bits per heavy atom. The van der Waals surface area contributed by atoms with Gasteiger partial charge in [-0.15, -0.1) is 0 Å². The van der Waals surface area contributed by atoms with Crippen molar-refractivity contribution in [3.63, 3.8) is 0 Å². The Balaban J connectivity index is 0.000000264. The molecule has 1 unspecified atom stereocenters. The Bertz CT molecular complexity index is 1220. The summed E-state index contributed by atoms with van der Waals surface area (Å²) in [6.07, 6.45) is 5.67. The van der Waals surface area contributed by atoms with E-state index < -0.39 is 11.2 Å². The van der Waals surface area contributed by atoms with Crippen molar-refractivity contribution in [3.8, 4) is 0 Å². The molecule has 4 rings (SSSR count). The van der Waals surface area contributed by atoms with E-state index in [0.717, 1.165) is 30.2 Å². The number of hydrogen-bond donors (Lipinski definition) is 3. The van der Waals surface area contributed by atoms with Crippen molar-refractivity contribution in [3.05, 3.63) is 74.6 Å². The average Bonchev–Trinajstić information content (AvgIpc) is 3.56. The van der Waals surface area contributed by atoms with Gasteiger partial charge in [0.05, 0.1) is 0 Å². The molecule has 0 bridgehead atoms. The van der Waals surface area contributed by atoms with E-state index in [4.69, 9.17) is 14.6 Å². The molecule has 1 atom stereocenters. The number of aliphatic hydroxyl groups excluding tert-OH is 1. The van der Waals surface area contributed by atoms with Gasteiger partial charge in [-0.05, 0) is 70.7 Å². The molecule has 2 aromatic heterocycles. The van der Waals surface area contributed by atoms with Crippen LogP contribution >= 0.6 is 0 Å². The molecule has 4 heterocycles. The third-order valence-electron chi connectivity index (χ3n) is 5.85. The lowest BCUT2D eigenvalue weighted by molar-refractivity contribution is 0.0287. The van der Waals surface area contributed by atoms with E-state index in [1.807, 2.05) is 53.7 Å². The van der Waals surface area contributed by atoms with Crippen LogP contribution in [0.1, 0.15) is 65.0 Å². The Kier molecular flexibility index (Phi) is 11.3. The SMILES string of the molecule is CC(C)(C)OC(=O)N1CC=C(c2ccc(=O)[nH]c2)C1.CC(C)(C)OC(=O)N1CCC(c2ccc(=O)[nH]c2)C1.CO.